The van der Waals surface area contributed by atoms with Crippen LogP contribution in [0.25, 0.3) is 0 Å². The fraction of sp³-hybridized carbons (Fsp3) is 0.636. The monoisotopic (exact) mass is 389 g/mol. The van der Waals surface area contributed by atoms with Crippen LogP contribution in [0, 0.1) is 17.7 Å². The summed E-state index contributed by atoms with van der Waals surface area (Å²) in [7, 11) is 0. The molecule has 1 N–H and O–H groups in total. The van der Waals surface area contributed by atoms with Gasteiger partial charge in [-0.05, 0) is 48.8 Å². The summed E-state index contributed by atoms with van der Waals surface area (Å²) in [4.78, 5) is 29.2. The van der Waals surface area contributed by atoms with E-state index in [0.29, 0.717) is 18.4 Å². The smallest absolute Gasteiger partial charge is 0.237 e. The first-order valence-electron chi connectivity index (χ1n) is 10.5. The van der Waals surface area contributed by atoms with Gasteiger partial charge in [0.15, 0.2) is 0 Å². The van der Waals surface area contributed by atoms with Crippen LogP contribution in [0.5, 0.6) is 0 Å². The highest BCUT2D eigenvalue weighted by Gasteiger charge is 2.34. The van der Waals surface area contributed by atoms with E-state index < -0.39 is 0 Å². The number of hydrogen-bond acceptors (Lipinski definition) is 3. The van der Waals surface area contributed by atoms with Gasteiger partial charge in [0.05, 0.1) is 12.5 Å². The fourth-order valence-electron chi connectivity index (χ4n) is 4.31. The van der Waals surface area contributed by atoms with Gasteiger partial charge in [-0.15, -0.1) is 0 Å². The number of piperazine rings is 1. The Hall–Kier alpha value is -1.95. The standard InChI is InChI=1S/C22H32FN3O2/c1-16(2)15-26-12-9-24-22(28)20(26)14-21(27)25-10-7-18(8-11-25)13-17-3-5-19(23)6-4-17/h3-6,16,18,20H,7-15H2,1-2H3,(H,24,28). The molecular formula is C22H32FN3O2. The molecule has 3 rings (SSSR count). The van der Waals surface area contributed by atoms with Crippen molar-refractivity contribution in [2.45, 2.75) is 45.6 Å². The summed E-state index contributed by atoms with van der Waals surface area (Å²) in [5.41, 5.74) is 1.15. The first kappa shape index (κ1) is 20.8. The molecule has 28 heavy (non-hydrogen) atoms. The number of rotatable bonds is 6. The minimum absolute atomic E-state index is 0.0218. The molecule has 0 aromatic heterocycles. The van der Waals surface area contributed by atoms with Crippen molar-refractivity contribution in [3.63, 3.8) is 0 Å². The second-order valence-corrected chi connectivity index (χ2v) is 8.55. The molecule has 6 heteroatoms. The topological polar surface area (TPSA) is 52.7 Å². The van der Waals surface area contributed by atoms with E-state index in [1.54, 1.807) is 0 Å². The van der Waals surface area contributed by atoms with E-state index in [2.05, 4.69) is 24.1 Å². The molecule has 1 aromatic carbocycles. The molecule has 2 amide bonds. The van der Waals surface area contributed by atoms with Gasteiger partial charge < -0.3 is 10.2 Å². The number of benzene rings is 1. The fourth-order valence-corrected chi connectivity index (χ4v) is 4.31. The van der Waals surface area contributed by atoms with E-state index in [1.807, 2.05) is 17.0 Å². The number of nitrogens with zero attached hydrogens (tertiary/aromatic N) is 2. The Labute approximate surface area is 167 Å². The van der Waals surface area contributed by atoms with Gasteiger partial charge in [0, 0.05) is 32.7 Å². The third-order valence-electron chi connectivity index (χ3n) is 5.81. The molecule has 2 aliphatic heterocycles. The zero-order valence-electron chi connectivity index (χ0n) is 17.0. The Morgan fingerprint density at radius 3 is 2.50 bits per heavy atom. The molecular weight excluding hydrogens is 357 g/mol. The molecule has 5 nitrogen and oxygen atoms in total. The summed E-state index contributed by atoms with van der Waals surface area (Å²) in [6.07, 6.45) is 3.10. The number of carbonyl (C=O) groups excluding carboxylic acids is 2. The van der Waals surface area contributed by atoms with Crippen molar-refractivity contribution in [1.82, 2.24) is 15.1 Å². The van der Waals surface area contributed by atoms with E-state index in [1.165, 1.54) is 12.1 Å². The second-order valence-electron chi connectivity index (χ2n) is 8.55. The predicted octanol–water partition coefficient (Wildman–Crippen LogP) is 2.45. The van der Waals surface area contributed by atoms with Gasteiger partial charge >= 0.3 is 0 Å². The number of carbonyl (C=O) groups is 2. The SMILES string of the molecule is CC(C)CN1CCNC(=O)C1CC(=O)N1CCC(Cc2ccc(F)cc2)CC1. The van der Waals surface area contributed by atoms with Gasteiger partial charge in [0.1, 0.15) is 5.82 Å². The second kappa shape index (κ2) is 9.50. The van der Waals surface area contributed by atoms with Crippen molar-refractivity contribution in [1.29, 1.82) is 0 Å². The minimum Gasteiger partial charge on any atom is -0.353 e. The molecule has 1 aromatic rings. The Kier molecular flexibility index (Phi) is 7.05. The van der Waals surface area contributed by atoms with Crippen molar-refractivity contribution < 1.29 is 14.0 Å². The Morgan fingerprint density at radius 1 is 1.18 bits per heavy atom. The van der Waals surface area contributed by atoms with Crippen LogP contribution in [-0.2, 0) is 16.0 Å². The van der Waals surface area contributed by atoms with Gasteiger partial charge in [-0.1, -0.05) is 26.0 Å². The lowest BCUT2D eigenvalue weighted by atomic mass is 9.90. The predicted molar refractivity (Wildman–Crippen MR) is 107 cm³/mol. The highest BCUT2D eigenvalue weighted by atomic mass is 19.1. The number of nitrogens with one attached hydrogen (secondary N) is 1. The van der Waals surface area contributed by atoms with Gasteiger partial charge in [0.25, 0.3) is 0 Å². The maximum Gasteiger partial charge on any atom is 0.237 e. The maximum absolute atomic E-state index is 13.0. The van der Waals surface area contributed by atoms with E-state index in [-0.39, 0.29) is 30.1 Å². The largest absolute Gasteiger partial charge is 0.353 e. The van der Waals surface area contributed by atoms with Crippen molar-refractivity contribution in [2.24, 2.45) is 11.8 Å². The van der Waals surface area contributed by atoms with Crippen LogP contribution in [0.4, 0.5) is 4.39 Å². The summed E-state index contributed by atoms with van der Waals surface area (Å²) in [6.45, 7) is 8.05. The zero-order valence-corrected chi connectivity index (χ0v) is 17.0. The number of hydrogen-bond donors (Lipinski definition) is 1. The molecule has 1 unspecified atom stereocenters. The van der Waals surface area contributed by atoms with Crippen LogP contribution in [0.1, 0.15) is 38.7 Å². The van der Waals surface area contributed by atoms with E-state index in [0.717, 1.165) is 51.0 Å². The molecule has 1 atom stereocenters. The summed E-state index contributed by atoms with van der Waals surface area (Å²) in [6, 6.07) is 6.36. The molecule has 2 aliphatic rings. The van der Waals surface area contributed by atoms with Crippen LogP contribution in [0.3, 0.4) is 0 Å². The Bertz CT molecular complexity index is 669. The molecule has 0 aliphatic carbocycles. The van der Waals surface area contributed by atoms with Crippen LogP contribution in [0.2, 0.25) is 0 Å². The van der Waals surface area contributed by atoms with Crippen LogP contribution in [0.15, 0.2) is 24.3 Å². The average Bonchev–Trinajstić information content (AvgIpc) is 2.66. The van der Waals surface area contributed by atoms with Gasteiger partial charge in [0.2, 0.25) is 11.8 Å². The Morgan fingerprint density at radius 2 is 1.86 bits per heavy atom. The molecule has 2 saturated heterocycles. The first-order chi connectivity index (χ1) is 13.4. The average molecular weight is 390 g/mol. The van der Waals surface area contributed by atoms with Crippen molar-refractivity contribution in [3.05, 3.63) is 35.6 Å². The van der Waals surface area contributed by atoms with Crippen LogP contribution in [-0.4, -0.2) is 60.4 Å². The maximum atomic E-state index is 13.0. The molecule has 0 radical (unpaired) electrons. The normalized spacial score (nSPS) is 21.8. The summed E-state index contributed by atoms with van der Waals surface area (Å²) in [5, 5.41) is 2.90. The van der Waals surface area contributed by atoms with Crippen molar-refractivity contribution in [2.75, 3.05) is 32.7 Å². The van der Waals surface area contributed by atoms with Gasteiger partial charge in [-0.25, -0.2) is 4.39 Å². The molecule has 154 valence electrons. The van der Waals surface area contributed by atoms with Crippen molar-refractivity contribution in [3.8, 4) is 0 Å². The summed E-state index contributed by atoms with van der Waals surface area (Å²) >= 11 is 0. The van der Waals surface area contributed by atoms with Crippen LogP contribution >= 0.6 is 0 Å². The zero-order chi connectivity index (χ0) is 20.1. The highest BCUT2D eigenvalue weighted by Crippen LogP contribution is 2.23. The third-order valence-corrected chi connectivity index (χ3v) is 5.81. The number of piperidine rings is 1. The van der Waals surface area contributed by atoms with E-state index in [4.69, 9.17) is 0 Å². The number of halogens is 1. The molecule has 0 bridgehead atoms. The Balaban J connectivity index is 1.50. The molecule has 0 spiro atoms. The highest BCUT2D eigenvalue weighted by molar-refractivity contribution is 5.88. The lowest BCUT2D eigenvalue weighted by Gasteiger charge is -2.38. The molecule has 2 fully saturated rings. The van der Waals surface area contributed by atoms with E-state index >= 15 is 0 Å². The molecule has 0 saturated carbocycles. The number of amides is 2. The lowest BCUT2D eigenvalue weighted by Crippen LogP contribution is -2.57. The number of likely N-dealkylation sites (tertiary alicyclic amines) is 1. The molecule has 2 heterocycles. The third kappa shape index (κ3) is 5.53. The first-order valence-corrected chi connectivity index (χ1v) is 10.5. The van der Waals surface area contributed by atoms with Crippen molar-refractivity contribution >= 4 is 11.8 Å². The summed E-state index contributed by atoms with van der Waals surface area (Å²) in [5.74, 6) is 0.834. The van der Waals surface area contributed by atoms with E-state index in [9.17, 15) is 14.0 Å². The quantitative estimate of drug-likeness (QED) is 0.813. The van der Waals surface area contributed by atoms with Crippen LogP contribution < -0.4 is 5.32 Å². The lowest BCUT2D eigenvalue weighted by molar-refractivity contribution is -0.140. The van der Waals surface area contributed by atoms with Gasteiger partial charge in [-0.2, -0.15) is 0 Å². The summed E-state index contributed by atoms with van der Waals surface area (Å²) < 4.78 is 13.0. The van der Waals surface area contributed by atoms with Gasteiger partial charge in [-0.3, -0.25) is 14.5 Å². The minimum atomic E-state index is -0.347.